The summed E-state index contributed by atoms with van der Waals surface area (Å²) in [7, 11) is 3.53. The Kier molecular flexibility index (Phi) is 5.95. The second kappa shape index (κ2) is 8.37. The van der Waals surface area contributed by atoms with Crippen molar-refractivity contribution in [2.45, 2.75) is 5.16 Å². The predicted octanol–water partition coefficient (Wildman–Crippen LogP) is 3.59. The molecule has 0 bridgehead atoms. The zero-order chi connectivity index (χ0) is 18.5. The van der Waals surface area contributed by atoms with Crippen LogP contribution in [0, 0.1) is 0 Å². The van der Waals surface area contributed by atoms with Crippen molar-refractivity contribution in [1.29, 1.82) is 0 Å². The number of nitrogens with one attached hydrogen (secondary N) is 1. The van der Waals surface area contributed by atoms with Gasteiger partial charge in [-0.15, -0.1) is 0 Å². The van der Waals surface area contributed by atoms with Gasteiger partial charge in [-0.1, -0.05) is 39.8 Å². The molecule has 8 heteroatoms. The van der Waals surface area contributed by atoms with E-state index in [9.17, 15) is 4.79 Å². The van der Waals surface area contributed by atoms with E-state index in [0.29, 0.717) is 5.75 Å². The number of aryl methyl sites for hydroxylation is 1. The number of benzene rings is 2. The van der Waals surface area contributed by atoms with Crippen molar-refractivity contribution in [3.63, 3.8) is 0 Å². The second-order valence-electron chi connectivity index (χ2n) is 5.41. The van der Waals surface area contributed by atoms with E-state index in [4.69, 9.17) is 4.74 Å². The average Bonchev–Trinajstić information content (AvgIpc) is 2.96. The number of ether oxygens (including phenoxy) is 1. The lowest BCUT2D eigenvalue weighted by atomic mass is 10.2. The number of hydrazone groups is 1. The van der Waals surface area contributed by atoms with Crippen LogP contribution in [0.3, 0.4) is 0 Å². The molecule has 6 nitrogen and oxygen atoms in total. The molecular formula is C18H17BrN4O2S. The second-order valence-corrected chi connectivity index (χ2v) is 7.27. The molecule has 1 N–H and O–H groups in total. The molecule has 3 rings (SSSR count). The monoisotopic (exact) mass is 432 g/mol. The fourth-order valence-electron chi connectivity index (χ4n) is 2.39. The molecule has 0 spiro atoms. The van der Waals surface area contributed by atoms with Gasteiger partial charge in [0.25, 0.3) is 5.91 Å². The van der Waals surface area contributed by atoms with Crippen LogP contribution in [-0.4, -0.2) is 34.5 Å². The average molecular weight is 433 g/mol. The molecule has 1 amide bonds. The van der Waals surface area contributed by atoms with Crippen LogP contribution in [0.4, 0.5) is 0 Å². The minimum atomic E-state index is -0.202. The van der Waals surface area contributed by atoms with Gasteiger partial charge in [0, 0.05) is 17.1 Å². The number of aromatic nitrogens is 2. The molecule has 134 valence electrons. The lowest BCUT2D eigenvalue weighted by molar-refractivity contribution is -0.118. The van der Waals surface area contributed by atoms with E-state index in [1.807, 2.05) is 54.1 Å². The molecule has 0 saturated carbocycles. The standard InChI is InChI=1S/C18H17BrN4O2S/c1-23-15-6-4-3-5-14(15)21-18(23)26-11-17(24)22-20-10-12-9-13(19)7-8-16(12)25-2/h3-10H,11H2,1-2H3,(H,22,24)/b20-10-. The number of amides is 1. The summed E-state index contributed by atoms with van der Waals surface area (Å²) in [6, 6.07) is 13.4. The Morgan fingerprint density at radius 1 is 1.38 bits per heavy atom. The zero-order valence-corrected chi connectivity index (χ0v) is 16.7. The van der Waals surface area contributed by atoms with E-state index in [0.717, 1.165) is 26.2 Å². The Labute approximate surface area is 163 Å². The van der Waals surface area contributed by atoms with Gasteiger partial charge in [0.2, 0.25) is 0 Å². The first-order valence-electron chi connectivity index (χ1n) is 7.78. The highest BCUT2D eigenvalue weighted by Crippen LogP contribution is 2.23. The minimum Gasteiger partial charge on any atom is -0.496 e. The molecule has 26 heavy (non-hydrogen) atoms. The van der Waals surface area contributed by atoms with Gasteiger partial charge in [-0.2, -0.15) is 5.10 Å². The van der Waals surface area contributed by atoms with Crippen LogP contribution in [0.1, 0.15) is 5.56 Å². The summed E-state index contributed by atoms with van der Waals surface area (Å²) >= 11 is 4.77. The summed E-state index contributed by atoms with van der Waals surface area (Å²) in [4.78, 5) is 16.6. The Balaban J connectivity index is 1.59. The summed E-state index contributed by atoms with van der Waals surface area (Å²) in [6.07, 6.45) is 1.56. The first-order valence-corrected chi connectivity index (χ1v) is 9.56. The Morgan fingerprint density at radius 3 is 2.96 bits per heavy atom. The maximum atomic E-state index is 12.0. The molecule has 3 aromatic rings. The van der Waals surface area contributed by atoms with E-state index in [1.54, 1.807) is 13.3 Å². The lowest BCUT2D eigenvalue weighted by Crippen LogP contribution is -2.20. The third-order valence-corrected chi connectivity index (χ3v) is 5.19. The van der Waals surface area contributed by atoms with E-state index >= 15 is 0 Å². The van der Waals surface area contributed by atoms with Crippen LogP contribution in [-0.2, 0) is 11.8 Å². The smallest absolute Gasteiger partial charge is 0.250 e. The number of carbonyl (C=O) groups is 1. The maximum absolute atomic E-state index is 12.0. The van der Waals surface area contributed by atoms with Crippen molar-refractivity contribution >= 4 is 50.8 Å². The number of halogens is 1. The molecular weight excluding hydrogens is 416 g/mol. The van der Waals surface area contributed by atoms with Gasteiger partial charge in [-0.3, -0.25) is 4.79 Å². The lowest BCUT2D eigenvalue weighted by Gasteiger charge is -2.05. The number of imidazole rings is 1. The highest BCUT2D eigenvalue weighted by atomic mass is 79.9. The van der Waals surface area contributed by atoms with Crippen molar-refractivity contribution in [3.05, 3.63) is 52.5 Å². The predicted molar refractivity (Wildman–Crippen MR) is 108 cm³/mol. The molecule has 0 aliphatic carbocycles. The molecule has 0 aliphatic heterocycles. The van der Waals surface area contributed by atoms with E-state index < -0.39 is 0 Å². The van der Waals surface area contributed by atoms with Crippen molar-refractivity contribution in [2.24, 2.45) is 12.1 Å². The number of fused-ring (bicyclic) bond motifs is 1. The quantitative estimate of drug-likeness (QED) is 0.367. The summed E-state index contributed by atoms with van der Waals surface area (Å²) in [5.74, 6) is 0.706. The summed E-state index contributed by atoms with van der Waals surface area (Å²) in [5, 5.41) is 4.79. The van der Waals surface area contributed by atoms with Crippen LogP contribution in [0.25, 0.3) is 11.0 Å². The summed E-state index contributed by atoms with van der Waals surface area (Å²) < 4.78 is 8.15. The van der Waals surface area contributed by atoms with Crippen molar-refractivity contribution < 1.29 is 9.53 Å². The fourth-order valence-corrected chi connectivity index (χ4v) is 3.55. The number of para-hydroxylation sites is 2. The van der Waals surface area contributed by atoms with Crippen LogP contribution < -0.4 is 10.2 Å². The minimum absolute atomic E-state index is 0.202. The number of nitrogens with zero attached hydrogens (tertiary/aromatic N) is 3. The molecule has 1 heterocycles. The summed E-state index contributed by atoms with van der Waals surface area (Å²) in [5.41, 5.74) is 5.25. The first-order chi connectivity index (χ1) is 12.6. The van der Waals surface area contributed by atoms with E-state index in [-0.39, 0.29) is 11.7 Å². The van der Waals surface area contributed by atoms with Gasteiger partial charge in [0.1, 0.15) is 5.75 Å². The largest absolute Gasteiger partial charge is 0.496 e. The zero-order valence-electron chi connectivity index (χ0n) is 14.3. The number of methoxy groups -OCH3 is 1. The van der Waals surface area contributed by atoms with Crippen LogP contribution in [0.2, 0.25) is 0 Å². The van der Waals surface area contributed by atoms with Crippen molar-refractivity contribution in [1.82, 2.24) is 15.0 Å². The van der Waals surface area contributed by atoms with Gasteiger partial charge in [-0.25, -0.2) is 10.4 Å². The number of thioether (sulfide) groups is 1. The van der Waals surface area contributed by atoms with Gasteiger partial charge < -0.3 is 9.30 Å². The van der Waals surface area contributed by atoms with E-state index in [1.165, 1.54) is 11.8 Å². The Hall–Kier alpha value is -2.32. The van der Waals surface area contributed by atoms with Crippen LogP contribution >= 0.6 is 27.7 Å². The highest BCUT2D eigenvalue weighted by Gasteiger charge is 2.10. The normalized spacial score (nSPS) is 11.2. The molecule has 0 aliphatic rings. The first kappa shape index (κ1) is 18.5. The van der Waals surface area contributed by atoms with Gasteiger partial charge in [0.05, 0.1) is 30.1 Å². The van der Waals surface area contributed by atoms with Crippen LogP contribution in [0.5, 0.6) is 5.75 Å². The summed E-state index contributed by atoms with van der Waals surface area (Å²) in [6.45, 7) is 0. The van der Waals surface area contributed by atoms with Gasteiger partial charge in [0.15, 0.2) is 5.16 Å². The van der Waals surface area contributed by atoms with Crippen molar-refractivity contribution in [3.8, 4) is 5.75 Å². The molecule has 0 radical (unpaired) electrons. The Morgan fingerprint density at radius 2 is 2.19 bits per heavy atom. The third-order valence-electron chi connectivity index (χ3n) is 3.66. The molecule has 0 unspecified atom stereocenters. The maximum Gasteiger partial charge on any atom is 0.250 e. The molecule has 0 saturated heterocycles. The highest BCUT2D eigenvalue weighted by molar-refractivity contribution is 9.10. The number of hydrogen-bond donors (Lipinski definition) is 1. The number of carbonyl (C=O) groups excluding carboxylic acids is 1. The number of hydrogen-bond acceptors (Lipinski definition) is 5. The molecule has 1 aromatic heterocycles. The van der Waals surface area contributed by atoms with Gasteiger partial charge in [-0.05, 0) is 30.3 Å². The van der Waals surface area contributed by atoms with Crippen molar-refractivity contribution in [2.75, 3.05) is 12.9 Å². The molecule has 0 fully saturated rings. The van der Waals surface area contributed by atoms with Gasteiger partial charge >= 0.3 is 0 Å². The molecule has 2 aromatic carbocycles. The topological polar surface area (TPSA) is 68.5 Å². The molecule has 0 atom stereocenters. The third kappa shape index (κ3) is 4.25. The Bertz CT molecular complexity index is 971. The fraction of sp³-hybridized carbons (Fsp3) is 0.167. The number of rotatable bonds is 6. The van der Waals surface area contributed by atoms with Crippen LogP contribution in [0.15, 0.2) is 57.2 Å². The SMILES string of the molecule is COc1ccc(Br)cc1/C=N\NC(=O)CSc1nc2ccccc2n1C. The van der Waals surface area contributed by atoms with E-state index in [2.05, 4.69) is 31.4 Å².